The van der Waals surface area contributed by atoms with E-state index in [4.69, 9.17) is 0 Å². The number of hydrogen-bond donors (Lipinski definition) is 3. The van der Waals surface area contributed by atoms with Crippen molar-refractivity contribution in [3.8, 4) is 0 Å². The molecule has 2 fully saturated rings. The van der Waals surface area contributed by atoms with Gasteiger partial charge in [-0.15, -0.1) is 0 Å². The highest BCUT2D eigenvalue weighted by atomic mass is 32.2. The molecule has 2 aromatic carbocycles. The van der Waals surface area contributed by atoms with Gasteiger partial charge >= 0.3 is 0 Å². The molecule has 4 rings (SSSR count). The Morgan fingerprint density at radius 3 is 2.43 bits per heavy atom. The van der Waals surface area contributed by atoms with Crippen molar-refractivity contribution in [2.45, 2.75) is 31.4 Å². The first-order valence-electron chi connectivity index (χ1n) is 15.6. The fourth-order valence-electron chi connectivity index (χ4n) is 5.21. The summed E-state index contributed by atoms with van der Waals surface area (Å²) in [6.45, 7) is 11.3. The van der Waals surface area contributed by atoms with Crippen LogP contribution in [0.15, 0.2) is 59.4 Å². The van der Waals surface area contributed by atoms with Gasteiger partial charge in [0.15, 0.2) is 6.29 Å². The van der Waals surface area contributed by atoms with E-state index in [9.17, 15) is 19.5 Å². The Morgan fingerprint density at radius 2 is 1.76 bits per heavy atom. The fourth-order valence-corrected chi connectivity index (χ4v) is 5.57. The molecule has 0 bridgehead atoms. The van der Waals surface area contributed by atoms with Gasteiger partial charge in [0.25, 0.3) is 0 Å². The molecular formula is C34H49N7O4S. The van der Waals surface area contributed by atoms with Crippen LogP contribution in [-0.4, -0.2) is 129 Å². The Hall–Kier alpha value is -3.39. The third-order valence-corrected chi connectivity index (χ3v) is 8.56. The Kier molecular flexibility index (Phi) is 15.6. The predicted molar refractivity (Wildman–Crippen MR) is 188 cm³/mol. The molecule has 3 N–H and O–H groups in total. The van der Waals surface area contributed by atoms with Crippen LogP contribution in [0.5, 0.6) is 0 Å². The van der Waals surface area contributed by atoms with E-state index in [1.807, 2.05) is 30.1 Å². The number of anilines is 1. The molecule has 0 aliphatic carbocycles. The minimum Gasteiger partial charge on any atom is -0.388 e. The monoisotopic (exact) mass is 651 g/mol. The average molecular weight is 652 g/mol. The number of aliphatic imine (C=N–C) groups is 1. The topological polar surface area (TPSA) is 121 Å². The highest BCUT2D eigenvalue weighted by molar-refractivity contribution is 8.00. The fraction of sp³-hybridized carbons (Fsp3) is 0.471. The molecular weight excluding hydrogens is 602 g/mol. The van der Waals surface area contributed by atoms with Gasteiger partial charge in [0.1, 0.15) is 6.29 Å². The van der Waals surface area contributed by atoms with Gasteiger partial charge in [0.2, 0.25) is 5.91 Å². The van der Waals surface area contributed by atoms with Crippen LogP contribution >= 0.6 is 11.9 Å². The van der Waals surface area contributed by atoms with Crippen molar-refractivity contribution in [3.05, 3.63) is 71.1 Å². The molecule has 2 saturated heterocycles. The maximum atomic E-state index is 12.4. The van der Waals surface area contributed by atoms with Crippen LogP contribution in [-0.2, 0) is 11.3 Å². The van der Waals surface area contributed by atoms with E-state index >= 15 is 0 Å². The SMILES string of the molecule is C=CSNCc1cccc(C=O)c1.CN(C=Nc1cc(NC(=O)CCN2CCN(C)CC2)ccc1C=O)CC1(O)CCN(C)CC1. The molecule has 0 radical (unpaired) electrons. The molecule has 0 aromatic heterocycles. The number of amides is 1. The first-order valence-corrected chi connectivity index (χ1v) is 16.5. The van der Waals surface area contributed by atoms with Gasteiger partial charge in [0, 0.05) is 89.2 Å². The number of hydrogen-bond acceptors (Lipinski definition) is 10. The van der Waals surface area contributed by atoms with Crippen molar-refractivity contribution in [2.24, 2.45) is 4.99 Å². The molecule has 1 amide bonds. The van der Waals surface area contributed by atoms with Crippen molar-refractivity contribution < 1.29 is 19.5 Å². The summed E-state index contributed by atoms with van der Waals surface area (Å²) >= 11 is 1.44. The lowest BCUT2D eigenvalue weighted by Crippen LogP contribution is -2.49. The maximum absolute atomic E-state index is 12.4. The van der Waals surface area contributed by atoms with Crippen molar-refractivity contribution >= 4 is 48.1 Å². The molecule has 2 aliphatic rings. The quantitative estimate of drug-likeness (QED) is 0.0921. The second kappa shape index (κ2) is 19.3. The summed E-state index contributed by atoms with van der Waals surface area (Å²) in [4.78, 5) is 47.5. The zero-order valence-electron chi connectivity index (χ0n) is 27.4. The van der Waals surface area contributed by atoms with Crippen molar-refractivity contribution in [3.63, 3.8) is 0 Å². The Balaban J connectivity index is 0.000000370. The summed E-state index contributed by atoms with van der Waals surface area (Å²) in [6.07, 6.45) is 5.11. The average Bonchev–Trinajstić information content (AvgIpc) is 3.05. The van der Waals surface area contributed by atoms with E-state index in [1.165, 1.54) is 11.9 Å². The number of rotatable bonds is 14. The number of likely N-dealkylation sites (tertiary alicyclic amines) is 1. The van der Waals surface area contributed by atoms with Gasteiger partial charge in [-0.25, -0.2) is 4.99 Å². The smallest absolute Gasteiger partial charge is 0.225 e. The minimum atomic E-state index is -0.736. The molecule has 11 nitrogen and oxygen atoms in total. The number of carbonyl (C=O) groups excluding carboxylic acids is 3. The van der Waals surface area contributed by atoms with Crippen LogP contribution < -0.4 is 10.0 Å². The Bertz CT molecular complexity index is 1310. The van der Waals surface area contributed by atoms with Crippen LogP contribution in [0.2, 0.25) is 0 Å². The summed E-state index contributed by atoms with van der Waals surface area (Å²) in [5, 5.41) is 15.5. The highest BCUT2D eigenvalue weighted by Crippen LogP contribution is 2.24. The summed E-state index contributed by atoms with van der Waals surface area (Å²) in [7, 11) is 6.04. The standard InChI is InChI=1S/C24H38N6O3.C10H11NOS/c1-27-10-7-24(33,8-11-27)18-29(3)19-25-22-16-21(5-4-20(22)17-31)26-23(32)6-9-30-14-12-28(2)13-15-30;1-2-13-11-7-9-4-3-5-10(6-9)8-12/h4-5,16-17,19,33H,6-15,18H2,1-3H3,(H,26,32);2-6,8,11H,1,7H2. The van der Waals surface area contributed by atoms with E-state index < -0.39 is 5.60 Å². The third kappa shape index (κ3) is 13.1. The second-order valence-corrected chi connectivity index (χ2v) is 12.8. The number of likely N-dealkylation sites (N-methyl/N-ethyl adjacent to an activating group) is 2. The van der Waals surface area contributed by atoms with Gasteiger partial charge in [-0.1, -0.05) is 36.7 Å². The Labute approximate surface area is 277 Å². The number of piperidine rings is 1. The van der Waals surface area contributed by atoms with Gasteiger partial charge in [-0.05, 0) is 62.2 Å². The van der Waals surface area contributed by atoms with Crippen molar-refractivity contribution in [1.29, 1.82) is 0 Å². The van der Waals surface area contributed by atoms with Crippen LogP contribution in [0.3, 0.4) is 0 Å². The van der Waals surface area contributed by atoms with E-state index in [2.05, 4.69) is 50.4 Å². The molecule has 0 atom stereocenters. The van der Waals surface area contributed by atoms with E-state index in [0.29, 0.717) is 35.5 Å². The largest absolute Gasteiger partial charge is 0.388 e. The lowest BCUT2D eigenvalue weighted by Gasteiger charge is -2.38. The zero-order chi connectivity index (χ0) is 33.4. The number of aldehydes is 2. The van der Waals surface area contributed by atoms with Crippen LogP contribution in [0.1, 0.15) is 45.5 Å². The van der Waals surface area contributed by atoms with Crippen LogP contribution in [0.25, 0.3) is 0 Å². The van der Waals surface area contributed by atoms with Gasteiger partial charge in [0.05, 0.1) is 17.6 Å². The number of piperazine rings is 1. The first-order chi connectivity index (χ1) is 22.1. The van der Waals surface area contributed by atoms with E-state index in [0.717, 1.165) is 83.3 Å². The molecule has 0 saturated carbocycles. The molecule has 2 aromatic rings. The summed E-state index contributed by atoms with van der Waals surface area (Å²) in [5.74, 6) is -0.0516. The molecule has 0 spiro atoms. The number of nitrogens with zero attached hydrogens (tertiary/aromatic N) is 5. The molecule has 12 heteroatoms. The number of aliphatic hydroxyl groups is 1. The van der Waals surface area contributed by atoms with E-state index in [1.54, 1.807) is 36.0 Å². The van der Waals surface area contributed by atoms with Gasteiger partial charge < -0.3 is 30.0 Å². The first kappa shape index (κ1) is 37.1. The molecule has 0 unspecified atom stereocenters. The normalized spacial score (nSPS) is 17.1. The molecule has 2 aliphatic heterocycles. The number of carbonyl (C=O) groups is 3. The molecule has 250 valence electrons. The lowest BCUT2D eigenvalue weighted by molar-refractivity contribution is -0.116. The van der Waals surface area contributed by atoms with Crippen molar-refractivity contribution in [1.82, 2.24) is 24.3 Å². The number of benzene rings is 2. The summed E-state index contributed by atoms with van der Waals surface area (Å²) < 4.78 is 3.09. The van der Waals surface area contributed by atoms with Crippen LogP contribution in [0, 0.1) is 0 Å². The summed E-state index contributed by atoms with van der Waals surface area (Å²) in [6, 6.07) is 12.6. The minimum absolute atomic E-state index is 0.0516. The Morgan fingerprint density at radius 1 is 1.04 bits per heavy atom. The zero-order valence-corrected chi connectivity index (χ0v) is 28.2. The van der Waals surface area contributed by atoms with Gasteiger partial charge in [-0.3, -0.25) is 19.1 Å². The third-order valence-electron chi connectivity index (χ3n) is 8.08. The van der Waals surface area contributed by atoms with E-state index in [-0.39, 0.29) is 5.91 Å². The molecule has 46 heavy (non-hydrogen) atoms. The summed E-state index contributed by atoms with van der Waals surface area (Å²) in [5.41, 5.74) is 2.63. The van der Waals surface area contributed by atoms with Gasteiger partial charge in [-0.2, -0.15) is 0 Å². The second-order valence-electron chi connectivity index (χ2n) is 12.0. The lowest BCUT2D eigenvalue weighted by atomic mass is 9.91. The highest BCUT2D eigenvalue weighted by Gasteiger charge is 2.31. The van der Waals surface area contributed by atoms with Crippen molar-refractivity contribution in [2.75, 3.05) is 78.8 Å². The van der Waals surface area contributed by atoms with Crippen LogP contribution in [0.4, 0.5) is 11.4 Å². The number of nitrogens with one attached hydrogen (secondary N) is 2. The maximum Gasteiger partial charge on any atom is 0.225 e. The predicted octanol–water partition coefficient (Wildman–Crippen LogP) is 3.50. The molecule has 2 heterocycles.